The highest BCUT2D eigenvalue weighted by Gasteiger charge is 2.13. The van der Waals surface area contributed by atoms with Crippen molar-refractivity contribution >= 4 is 26.8 Å². The van der Waals surface area contributed by atoms with Crippen molar-refractivity contribution in [3.63, 3.8) is 0 Å². The van der Waals surface area contributed by atoms with Gasteiger partial charge in [0.05, 0.1) is 12.1 Å². The first-order valence-corrected chi connectivity index (χ1v) is 5.73. The second kappa shape index (κ2) is 4.91. The summed E-state index contributed by atoms with van der Waals surface area (Å²) in [4.78, 5) is 4.30. The maximum Gasteiger partial charge on any atom is 0.104 e. The van der Waals surface area contributed by atoms with Crippen molar-refractivity contribution in [1.82, 2.24) is 4.98 Å². The lowest BCUT2D eigenvalue weighted by molar-refractivity contribution is 0.0652. The third-order valence-corrected chi connectivity index (χ3v) is 3.12. The molecule has 1 N–H and O–H groups in total. The monoisotopic (exact) mass is 281 g/mol. The Kier molecular flexibility index (Phi) is 3.53. The molecule has 0 spiro atoms. The first-order chi connectivity index (χ1) is 7.74. The average Bonchev–Trinajstić information content (AvgIpc) is 2.30. The molecule has 0 aliphatic carbocycles. The van der Waals surface area contributed by atoms with Crippen LogP contribution in [0.1, 0.15) is 11.7 Å². The average molecular weight is 282 g/mol. The Morgan fingerprint density at radius 3 is 3.00 bits per heavy atom. The quantitative estimate of drug-likeness (QED) is 0.941. The van der Waals surface area contributed by atoms with Gasteiger partial charge >= 0.3 is 0 Å². The Hall–Kier alpha value is -0.970. The maximum atomic E-state index is 9.93. The van der Waals surface area contributed by atoms with Crippen LogP contribution >= 0.6 is 15.9 Å². The summed E-state index contributed by atoms with van der Waals surface area (Å²) < 4.78 is 5.92. The molecule has 0 amide bonds. The smallest absolute Gasteiger partial charge is 0.104 e. The van der Waals surface area contributed by atoms with Crippen LogP contribution in [0.5, 0.6) is 0 Å². The van der Waals surface area contributed by atoms with Gasteiger partial charge in [0.15, 0.2) is 0 Å². The molecule has 0 saturated carbocycles. The number of hydrogen-bond acceptors (Lipinski definition) is 3. The van der Waals surface area contributed by atoms with E-state index in [-0.39, 0.29) is 6.61 Å². The van der Waals surface area contributed by atoms with Crippen LogP contribution in [0.25, 0.3) is 10.9 Å². The van der Waals surface area contributed by atoms with Gasteiger partial charge in [-0.3, -0.25) is 4.98 Å². The zero-order valence-corrected chi connectivity index (χ0v) is 10.4. The SMILES string of the molecule is COCC(O)c1ccc(Br)c2cccnc12. The third-order valence-electron chi connectivity index (χ3n) is 2.43. The molecule has 1 heterocycles. The molecule has 1 aromatic carbocycles. The van der Waals surface area contributed by atoms with Crippen molar-refractivity contribution < 1.29 is 9.84 Å². The molecular weight excluding hydrogens is 270 g/mol. The summed E-state index contributed by atoms with van der Waals surface area (Å²) >= 11 is 3.47. The van der Waals surface area contributed by atoms with Crippen molar-refractivity contribution in [3.05, 3.63) is 40.5 Å². The van der Waals surface area contributed by atoms with E-state index in [1.807, 2.05) is 24.3 Å². The molecule has 0 bridgehead atoms. The minimum absolute atomic E-state index is 0.271. The lowest BCUT2D eigenvalue weighted by Gasteiger charge is -2.12. The number of nitrogens with zero attached hydrogens (tertiary/aromatic N) is 1. The molecule has 2 aromatic rings. The van der Waals surface area contributed by atoms with Gasteiger partial charge in [-0.1, -0.05) is 28.1 Å². The van der Waals surface area contributed by atoms with Crippen molar-refractivity contribution in [2.75, 3.05) is 13.7 Å². The van der Waals surface area contributed by atoms with E-state index < -0.39 is 6.10 Å². The summed E-state index contributed by atoms with van der Waals surface area (Å²) in [6.07, 6.45) is 1.08. The van der Waals surface area contributed by atoms with E-state index in [0.29, 0.717) is 0 Å². The van der Waals surface area contributed by atoms with Gasteiger partial charge in [-0.15, -0.1) is 0 Å². The van der Waals surface area contributed by atoms with Crippen molar-refractivity contribution in [2.24, 2.45) is 0 Å². The van der Waals surface area contributed by atoms with E-state index in [9.17, 15) is 5.11 Å². The normalized spacial score (nSPS) is 12.9. The number of methoxy groups -OCH3 is 1. The van der Waals surface area contributed by atoms with E-state index >= 15 is 0 Å². The fourth-order valence-corrected chi connectivity index (χ4v) is 2.13. The second-order valence-corrected chi connectivity index (χ2v) is 4.36. The predicted molar refractivity (Wildman–Crippen MR) is 66.3 cm³/mol. The Balaban J connectivity index is 2.58. The first kappa shape index (κ1) is 11.5. The van der Waals surface area contributed by atoms with Gasteiger partial charge < -0.3 is 9.84 Å². The van der Waals surface area contributed by atoms with Crippen LogP contribution in [0.3, 0.4) is 0 Å². The fourth-order valence-electron chi connectivity index (χ4n) is 1.68. The number of halogens is 1. The van der Waals surface area contributed by atoms with Gasteiger partial charge in [-0.2, -0.15) is 0 Å². The predicted octanol–water partition coefficient (Wildman–Crippen LogP) is 2.68. The lowest BCUT2D eigenvalue weighted by Crippen LogP contribution is -2.06. The number of ether oxygens (including phenoxy) is 1. The summed E-state index contributed by atoms with van der Waals surface area (Å²) in [5, 5.41) is 10.9. The zero-order chi connectivity index (χ0) is 11.5. The Morgan fingerprint density at radius 1 is 1.44 bits per heavy atom. The van der Waals surface area contributed by atoms with Crippen molar-refractivity contribution in [2.45, 2.75) is 6.10 Å². The van der Waals surface area contributed by atoms with Gasteiger partial charge in [0, 0.05) is 28.7 Å². The van der Waals surface area contributed by atoms with Crippen LogP contribution < -0.4 is 0 Å². The van der Waals surface area contributed by atoms with Gasteiger partial charge in [0.25, 0.3) is 0 Å². The Morgan fingerprint density at radius 2 is 2.25 bits per heavy atom. The van der Waals surface area contributed by atoms with E-state index in [1.165, 1.54) is 0 Å². The van der Waals surface area contributed by atoms with Crippen molar-refractivity contribution in [1.29, 1.82) is 0 Å². The number of aliphatic hydroxyl groups is 1. The van der Waals surface area contributed by atoms with Gasteiger partial charge in [0.1, 0.15) is 6.10 Å². The molecule has 0 aliphatic rings. The summed E-state index contributed by atoms with van der Waals surface area (Å²) in [6.45, 7) is 0.271. The highest BCUT2D eigenvalue weighted by atomic mass is 79.9. The maximum absolute atomic E-state index is 9.93. The summed E-state index contributed by atoms with van der Waals surface area (Å²) in [5.74, 6) is 0. The van der Waals surface area contributed by atoms with E-state index in [4.69, 9.17) is 4.74 Å². The Labute approximate surface area is 102 Å². The molecule has 4 heteroatoms. The van der Waals surface area contributed by atoms with E-state index in [0.717, 1.165) is 20.9 Å². The molecule has 1 unspecified atom stereocenters. The molecule has 16 heavy (non-hydrogen) atoms. The molecule has 1 atom stereocenters. The molecule has 2 rings (SSSR count). The minimum Gasteiger partial charge on any atom is -0.386 e. The molecule has 0 fully saturated rings. The standard InChI is InChI=1S/C12H12BrNO2/c1-16-7-11(15)9-4-5-10(13)8-3-2-6-14-12(8)9/h2-6,11,15H,7H2,1H3. The number of benzene rings is 1. The second-order valence-electron chi connectivity index (χ2n) is 3.51. The highest BCUT2D eigenvalue weighted by molar-refractivity contribution is 9.10. The van der Waals surface area contributed by atoms with Crippen LogP contribution in [0.15, 0.2) is 34.9 Å². The molecule has 0 radical (unpaired) electrons. The summed E-state index contributed by atoms with van der Waals surface area (Å²) in [6, 6.07) is 7.62. The molecular formula is C12H12BrNO2. The molecule has 1 aromatic heterocycles. The van der Waals surface area contributed by atoms with Crippen LogP contribution in [0, 0.1) is 0 Å². The third kappa shape index (κ3) is 2.09. The largest absolute Gasteiger partial charge is 0.386 e. The van der Waals surface area contributed by atoms with Gasteiger partial charge in [-0.25, -0.2) is 0 Å². The topological polar surface area (TPSA) is 42.4 Å². The Bertz CT molecular complexity index is 501. The van der Waals surface area contributed by atoms with Crippen LogP contribution in [0.4, 0.5) is 0 Å². The van der Waals surface area contributed by atoms with Gasteiger partial charge in [-0.05, 0) is 12.1 Å². The first-order valence-electron chi connectivity index (χ1n) is 4.94. The molecule has 84 valence electrons. The number of rotatable bonds is 3. The number of aliphatic hydroxyl groups excluding tert-OH is 1. The summed E-state index contributed by atoms with van der Waals surface area (Å²) in [7, 11) is 1.57. The molecule has 0 saturated heterocycles. The lowest BCUT2D eigenvalue weighted by atomic mass is 10.1. The van der Waals surface area contributed by atoms with E-state index in [2.05, 4.69) is 20.9 Å². The fraction of sp³-hybridized carbons (Fsp3) is 0.250. The van der Waals surface area contributed by atoms with Crippen LogP contribution in [0.2, 0.25) is 0 Å². The van der Waals surface area contributed by atoms with E-state index in [1.54, 1.807) is 13.3 Å². The number of pyridine rings is 1. The number of fused-ring (bicyclic) bond motifs is 1. The van der Waals surface area contributed by atoms with Crippen molar-refractivity contribution in [3.8, 4) is 0 Å². The number of aromatic nitrogens is 1. The summed E-state index contributed by atoms with van der Waals surface area (Å²) in [5.41, 5.74) is 1.60. The molecule has 3 nitrogen and oxygen atoms in total. The van der Waals surface area contributed by atoms with Crippen LogP contribution in [-0.4, -0.2) is 23.8 Å². The minimum atomic E-state index is -0.643. The van der Waals surface area contributed by atoms with Crippen LogP contribution in [-0.2, 0) is 4.74 Å². The zero-order valence-electron chi connectivity index (χ0n) is 8.85. The molecule has 0 aliphatic heterocycles. The number of hydrogen-bond donors (Lipinski definition) is 1. The van der Waals surface area contributed by atoms with Gasteiger partial charge in [0.2, 0.25) is 0 Å². The highest BCUT2D eigenvalue weighted by Crippen LogP contribution is 2.28.